The Kier molecular flexibility index (Phi) is 4.25. The van der Waals surface area contributed by atoms with Crippen LogP contribution in [0.5, 0.6) is 0 Å². The van der Waals surface area contributed by atoms with Crippen LogP contribution in [0.1, 0.15) is 36.8 Å². The van der Waals surface area contributed by atoms with Crippen molar-refractivity contribution in [1.82, 2.24) is 0 Å². The van der Waals surface area contributed by atoms with Crippen LogP contribution in [0.25, 0.3) is 0 Å². The lowest BCUT2D eigenvalue weighted by molar-refractivity contribution is 0.0242. The fourth-order valence-corrected chi connectivity index (χ4v) is 3.11. The SMILES string of the molecule is Cc1cccc(C)c1N(C)C1CCC(ON)CC1. The minimum absolute atomic E-state index is 0.257. The van der Waals surface area contributed by atoms with Crippen molar-refractivity contribution in [3.05, 3.63) is 29.3 Å². The van der Waals surface area contributed by atoms with Gasteiger partial charge in [0, 0.05) is 18.8 Å². The summed E-state index contributed by atoms with van der Waals surface area (Å²) in [6.07, 6.45) is 4.71. The minimum Gasteiger partial charge on any atom is -0.371 e. The van der Waals surface area contributed by atoms with E-state index in [2.05, 4.69) is 44.0 Å². The van der Waals surface area contributed by atoms with Crippen molar-refractivity contribution in [2.24, 2.45) is 5.90 Å². The van der Waals surface area contributed by atoms with E-state index in [1.807, 2.05) is 0 Å². The molecule has 1 fully saturated rings. The number of aryl methyl sites for hydroxylation is 2. The van der Waals surface area contributed by atoms with Gasteiger partial charge in [-0.05, 0) is 50.7 Å². The summed E-state index contributed by atoms with van der Waals surface area (Å²) in [7, 11) is 2.21. The van der Waals surface area contributed by atoms with E-state index in [0.717, 1.165) is 25.7 Å². The second-order valence-corrected chi connectivity index (χ2v) is 5.42. The number of nitrogens with two attached hydrogens (primary N) is 1. The topological polar surface area (TPSA) is 38.5 Å². The maximum Gasteiger partial charge on any atom is 0.0789 e. The smallest absolute Gasteiger partial charge is 0.0789 e. The third-order valence-electron chi connectivity index (χ3n) is 4.18. The van der Waals surface area contributed by atoms with Crippen molar-refractivity contribution in [3.8, 4) is 0 Å². The molecule has 0 spiro atoms. The van der Waals surface area contributed by atoms with E-state index in [9.17, 15) is 0 Å². The van der Waals surface area contributed by atoms with E-state index in [0.29, 0.717) is 6.04 Å². The van der Waals surface area contributed by atoms with E-state index < -0.39 is 0 Å². The first kappa shape index (κ1) is 13.4. The van der Waals surface area contributed by atoms with Crippen LogP contribution >= 0.6 is 0 Å². The zero-order valence-corrected chi connectivity index (χ0v) is 11.6. The maximum atomic E-state index is 5.27. The highest BCUT2D eigenvalue weighted by Crippen LogP contribution is 2.31. The summed E-state index contributed by atoms with van der Waals surface area (Å²) >= 11 is 0. The molecule has 1 aromatic rings. The van der Waals surface area contributed by atoms with Crippen LogP contribution in [0.3, 0.4) is 0 Å². The van der Waals surface area contributed by atoms with Gasteiger partial charge in [0.25, 0.3) is 0 Å². The van der Waals surface area contributed by atoms with Crippen LogP contribution in [0.2, 0.25) is 0 Å². The second-order valence-electron chi connectivity index (χ2n) is 5.42. The first-order valence-corrected chi connectivity index (χ1v) is 6.78. The predicted molar refractivity (Wildman–Crippen MR) is 75.6 cm³/mol. The largest absolute Gasteiger partial charge is 0.371 e. The minimum atomic E-state index is 0.257. The highest BCUT2D eigenvalue weighted by molar-refractivity contribution is 5.59. The maximum absolute atomic E-state index is 5.27. The lowest BCUT2D eigenvalue weighted by atomic mass is 9.91. The van der Waals surface area contributed by atoms with Crippen LogP contribution < -0.4 is 10.8 Å². The Hall–Kier alpha value is -1.06. The average Bonchev–Trinajstić information content (AvgIpc) is 2.38. The monoisotopic (exact) mass is 248 g/mol. The molecule has 1 saturated carbocycles. The number of rotatable bonds is 3. The first-order chi connectivity index (χ1) is 8.63. The van der Waals surface area contributed by atoms with Gasteiger partial charge >= 0.3 is 0 Å². The van der Waals surface area contributed by atoms with Gasteiger partial charge in [0.05, 0.1) is 6.10 Å². The van der Waals surface area contributed by atoms with Crippen molar-refractivity contribution in [1.29, 1.82) is 0 Å². The Labute approximate surface area is 110 Å². The highest BCUT2D eigenvalue weighted by atomic mass is 16.6. The van der Waals surface area contributed by atoms with Gasteiger partial charge in [-0.15, -0.1) is 0 Å². The lowest BCUT2D eigenvalue weighted by Crippen LogP contribution is -2.38. The van der Waals surface area contributed by atoms with Gasteiger partial charge in [0.1, 0.15) is 0 Å². The number of anilines is 1. The van der Waals surface area contributed by atoms with Crippen molar-refractivity contribution < 1.29 is 4.84 Å². The van der Waals surface area contributed by atoms with E-state index in [4.69, 9.17) is 10.7 Å². The van der Waals surface area contributed by atoms with Crippen LogP contribution in [-0.4, -0.2) is 19.2 Å². The normalized spacial score (nSPS) is 24.0. The van der Waals surface area contributed by atoms with Crippen molar-refractivity contribution in [3.63, 3.8) is 0 Å². The number of hydrogen-bond acceptors (Lipinski definition) is 3. The van der Waals surface area contributed by atoms with Crippen LogP contribution in [-0.2, 0) is 4.84 Å². The molecule has 100 valence electrons. The molecule has 3 nitrogen and oxygen atoms in total. The van der Waals surface area contributed by atoms with Crippen LogP contribution in [0, 0.1) is 13.8 Å². The molecule has 18 heavy (non-hydrogen) atoms. The fraction of sp³-hybridized carbons (Fsp3) is 0.600. The molecule has 0 radical (unpaired) electrons. The van der Waals surface area contributed by atoms with Gasteiger partial charge in [-0.25, -0.2) is 5.90 Å². The molecule has 0 aliphatic heterocycles. The molecule has 0 bridgehead atoms. The molecular formula is C15H24N2O. The quantitative estimate of drug-likeness (QED) is 0.836. The zero-order valence-electron chi connectivity index (χ0n) is 11.6. The molecule has 1 aliphatic rings. The average molecular weight is 248 g/mol. The van der Waals surface area contributed by atoms with E-state index in [-0.39, 0.29) is 6.10 Å². The molecule has 2 N–H and O–H groups in total. The molecule has 1 aliphatic carbocycles. The summed E-state index contributed by atoms with van der Waals surface area (Å²) in [6.45, 7) is 4.38. The molecule has 3 heteroatoms. The predicted octanol–water partition coefficient (Wildman–Crippen LogP) is 2.94. The summed E-state index contributed by atoms with van der Waals surface area (Å²) in [5, 5.41) is 0. The highest BCUT2D eigenvalue weighted by Gasteiger charge is 2.25. The first-order valence-electron chi connectivity index (χ1n) is 6.78. The van der Waals surface area contributed by atoms with Gasteiger partial charge in [-0.1, -0.05) is 18.2 Å². The molecule has 2 rings (SSSR count). The zero-order chi connectivity index (χ0) is 13.1. The fourth-order valence-electron chi connectivity index (χ4n) is 3.11. The number of nitrogens with zero attached hydrogens (tertiary/aromatic N) is 1. The van der Waals surface area contributed by atoms with Crippen molar-refractivity contribution in [2.75, 3.05) is 11.9 Å². The van der Waals surface area contributed by atoms with Crippen molar-refractivity contribution >= 4 is 5.69 Å². The molecule has 1 aromatic carbocycles. The number of para-hydroxylation sites is 1. The van der Waals surface area contributed by atoms with Gasteiger partial charge in [-0.3, -0.25) is 0 Å². The second kappa shape index (κ2) is 5.72. The van der Waals surface area contributed by atoms with E-state index in [1.165, 1.54) is 16.8 Å². The Balaban J connectivity index is 2.10. The summed E-state index contributed by atoms with van der Waals surface area (Å²) in [5.74, 6) is 5.27. The Morgan fingerprint density at radius 1 is 1.11 bits per heavy atom. The molecule has 0 unspecified atom stereocenters. The van der Waals surface area contributed by atoms with E-state index >= 15 is 0 Å². The van der Waals surface area contributed by atoms with Crippen LogP contribution in [0.15, 0.2) is 18.2 Å². The molecule has 0 saturated heterocycles. The molecule has 0 heterocycles. The molecular weight excluding hydrogens is 224 g/mol. The number of benzene rings is 1. The third-order valence-corrected chi connectivity index (χ3v) is 4.18. The molecule has 0 amide bonds. The van der Waals surface area contributed by atoms with Gasteiger partial charge in [0.2, 0.25) is 0 Å². The standard InChI is InChI=1S/C15H24N2O/c1-11-5-4-6-12(2)15(11)17(3)13-7-9-14(18-16)10-8-13/h4-6,13-14H,7-10,16H2,1-3H3. The summed E-state index contributed by atoms with van der Waals surface area (Å²) in [6, 6.07) is 7.11. The Morgan fingerprint density at radius 2 is 1.67 bits per heavy atom. The lowest BCUT2D eigenvalue weighted by Gasteiger charge is -2.36. The summed E-state index contributed by atoms with van der Waals surface area (Å²) in [5.41, 5.74) is 4.10. The third kappa shape index (κ3) is 2.68. The van der Waals surface area contributed by atoms with Crippen molar-refractivity contribution in [2.45, 2.75) is 51.7 Å². The Morgan fingerprint density at radius 3 is 2.17 bits per heavy atom. The number of hydrogen-bond donors (Lipinski definition) is 1. The van der Waals surface area contributed by atoms with Gasteiger partial charge in [0.15, 0.2) is 0 Å². The molecule has 0 aromatic heterocycles. The van der Waals surface area contributed by atoms with Gasteiger partial charge < -0.3 is 9.74 Å². The molecule has 0 atom stereocenters. The van der Waals surface area contributed by atoms with Gasteiger partial charge in [-0.2, -0.15) is 0 Å². The van der Waals surface area contributed by atoms with Crippen LogP contribution in [0.4, 0.5) is 5.69 Å². The summed E-state index contributed by atoms with van der Waals surface area (Å²) in [4.78, 5) is 7.40. The van der Waals surface area contributed by atoms with E-state index in [1.54, 1.807) is 0 Å². The Bertz CT molecular complexity index is 377. The summed E-state index contributed by atoms with van der Waals surface area (Å²) < 4.78 is 0.